The van der Waals surface area contributed by atoms with Crippen LogP contribution in [0.1, 0.15) is 20.8 Å². The van der Waals surface area contributed by atoms with Crippen molar-refractivity contribution in [3.63, 3.8) is 0 Å². The number of nitrogens with zero attached hydrogens (tertiary/aromatic N) is 4. The summed E-state index contributed by atoms with van der Waals surface area (Å²) < 4.78 is 8.27. The maximum absolute atomic E-state index is 13.2. The second-order valence-corrected chi connectivity index (χ2v) is 7.95. The number of hydrogen-bond donors (Lipinski definition) is 3. The molecular weight excluding hydrogens is 472 g/mol. The molecule has 0 fully saturated rings. The monoisotopic (exact) mass is 494 g/mol. The van der Waals surface area contributed by atoms with Crippen molar-refractivity contribution in [1.29, 1.82) is 0 Å². The van der Waals surface area contributed by atoms with Crippen molar-refractivity contribution in [3.05, 3.63) is 109 Å². The number of hydrogen-bond acceptors (Lipinski definition) is 6. The van der Waals surface area contributed by atoms with Gasteiger partial charge in [0.05, 0.1) is 30.2 Å². The lowest BCUT2D eigenvalue weighted by Crippen LogP contribution is -2.42. The zero-order chi connectivity index (χ0) is 25.8. The molecule has 5 aromatic rings. The maximum atomic E-state index is 13.2. The van der Waals surface area contributed by atoms with Crippen LogP contribution in [0.25, 0.3) is 22.6 Å². The Hall–Kier alpha value is -5.38. The Kier molecular flexibility index (Phi) is 6.37. The number of methoxy groups -OCH3 is 1. The number of rotatable bonds is 6. The van der Waals surface area contributed by atoms with E-state index in [1.54, 1.807) is 48.3 Å². The number of aromatic nitrogens is 4. The van der Waals surface area contributed by atoms with Crippen molar-refractivity contribution in [2.45, 2.75) is 0 Å². The summed E-state index contributed by atoms with van der Waals surface area (Å²) in [6, 6.07) is 25.5. The van der Waals surface area contributed by atoms with Gasteiger partial charge >= 0.3 is 0 Å². The molecule has 10 heteroatoms. The van der Waals surface area contributed by atoms with Crippen molar-refractivity contribution >= 4 is 11.8 Å². The second-order valence-electron chi connectivity index (χ2n) is 7.95. The minimum absolute atomic E-state index is 0.219. The summed E-state index contributed by atoms with van der Waals surface area (Å²) >= 11 is 0. The van der Waals surface area contributed by atoms with E-state index in [9.17, 15) is 14.7 Å². The van der Waals surface area contributed by atoms with E-state index in [0.29, 0.717) is 22.7 Å². The highest BCUT2D eigenvalue weighted by Gasteiger charge is 2.22. The molecule has 0 bridgehead atoms. The van der Waals surface area contributed by atoms with E-state index in [2.05, 4.69) is 21.0 Å². The molecule has 2 amide bonds. The third-order valence-corrected chi connectivity index (χ3v) is 5.54. The Labute approximate surface area is 211 Å². The Bertz CT molecular complexity index is 1560. The summed E-state index contributed by atoms with van der Waals surface area (Å²) in [6.45, 7) is 0. The standard InChI is InChI=1S/C27H22N6O4/c1-37-21-14-8-9-18(15-21)24-22(16-32(30-24)19-10-4-2-5-11-19)26(35)28-29-27(36)25-23(34)17-33(31-25)20-12-6-3-7-13-20/h2-17,34H,1H3,(H,28,35)(H,29,36). The highest BCUT2D eigenvalue weighted by atomic mass is 16.5. The van der Waals surface area contributed by atoms with Gasteiger partial charge in [-0.3, -0.25) is 20.4 Å². The molecule has 2 heterocycles. The summed E-state index contributed by atoms with van der Waals surface area (Å²) in [6.07, 6.45) is 2.89. The fourth-order valence-corrected chi connectivity index (χ4v) is 3.72. The fourth-order valence-electron chi connectivity index (χ4n) is 3.72. The Balaban J connectivity index is 1.40. The van der Waals surface area contributed by atoms with Gasteiger partial charge in [0.15, 0.2) is 11.4 Å². The summed E-state index contributed by atoms with van der Waals surface area (Å²) in [5, 5.41) is 19.0. The van der Waals surface area contributed by atoms with Crippen molar-refractivity contribution in [2.24, 2.45) is 0 Å². The van der Waals surface area contributed by atoms with Gasteiger partial charge in [0, 0.05) is 11.8 Å². The minimum Gasteiger partial charge on any atom is -0.504 e. The zero-order valence-electron chi connectivity index (χ0n) is 19.7. The number of carbonyl (C=O) groups is 2. The molecule has 10 nitrogen and oxygen atoms in total. The van der Waals surface area contributed by atoms with E-state index >= 15 is 0 Å². The number of carbonyl (C=O) groups excluding carboxylic acids is 2. The first kappa shape index (κ1) is 23.4. The van der Waals surface area contributed by atoms with Crippen LogP contribution >= 0.6 is 0 Å². The van der Waals surface area contributed by atoms with Crippen molar-refractivity contribution in [2.75, 3.05) is 7.11 Å². The smallest absolute Gasteiger partial charge is 0.294 e. The molecule has 0 atom stereocenters. The van der Waals surface area contributed by atoms with Gasteiger partial charge in [0.1, 0.15) is 11.4 Å². The van der Waals surface area contributed by atoms with Crippen molar-refractivity contribution in [3.8, 4) is 34.1 Å². The van der Waals surface area contributed by atoms with Crippen molar-refractivity contribution < 1.29 is 19.4 Å². The second kappa shape index (κ2) is 10.1. The highest BCUT2D eigenvalue weighted by molar-refractivity contribution is 6.02. The lowest BCUT2D eigenvalue weighted by molar-refractivity contribution is 0.0842. The quantitative estimate of drug-likeness (QED) is 0.311. The van der Waals surface area contributed by atoms with Gasteiger partial charge in [-0.05, 0) is 36.4 Å². The first-order valence-electron chi connectivity index (χ1n) is 11.3. The van der Waals surface area contributed by atoms with E-state index in [1.165, 1.54) is 10.9 Å². The van der Waals surface area contributed by atoms with Crippen LogP contribution in [-0.2, 0) is 0 Å². The number of benzene rings is 3. The molecule has 5 rings (SSSR count). The number of hydrazine groups is 1. The summed E-state index contributed by atoms with van der Waals surface area (Å²) in [5.74, 6) is -1.10. The SMILES string of the molecule is COc1cccc(-c2nn(-c3ccccc3)cc2C(=O)NNC(=O)c2nn(-c3ccccc3)cc2O)c1. The number of ether oxygens (including phenoxy) is 1. The summed E-state index contributed by atoms with van der Waals surface area (Å²) in [5.41, 5.74) is 7.16. The Morgan fingerprint density at radius 2 is 1.41 bits per heavy atom. The van der Waals surface area contributed by atoms with Crippen LogP contribution in [0.5, 0.6) is 11.5 Å². The van der Waals surface area contributed by atoms with Gasteiger partial charge in [-0.1, -0.05) is 48.5 Å². The van der Waals surface area contributed by atoms with Crippen LogP contribution in [0.2, 0.25) is 0 Å². The van der Waals surface area contributed by atoms with Crippen LogP contribution in [0.3, 0.4) is 0 Å². The van der Waals surface area contributed by atoms with E-state index in [0.717, 1.165) is 5.69 Å². The first-order valence-corrected chi connectivity index (χ1v) is 11.3. The zero-order valence-corrected chi connectivity index (χ0v) is 19.7. The highest BCUT2D eigenvalue weighted by Crippen LogP contribution is 2.27. The lowest BCUT2D eigenvalue weighted by Gasteiger charge is -2.07. The third kappa shape index (κ3) is 4.89. The van der Waals surface area contributed by atoms with Crippen LogP contribution in [0.15, 0.2) is 97.3 Å². The van der Waals surface area contributed by atoms with Gasteiger partial charge in [-0.15, -0.1) is 0 Å². The summed E-state index contributed by atoms with van der Waals surface area (Å²) in [4.78, 5) is 25.9. The summed E-state index contributed by atoms with van der Waals surface area (Å²) in [7, 11) is 1.55. The lowest BCUT2D eigenvalue weighted by atomic mass is 10.1. The van der Waals surface area contributed by atoms with Crippen molar-refractivity contribution in [1.82, 2.24) is 30.4 Å². The molecule has 0 radical (unpaired) electrons. The van der Waals surface area contributed by atoms with Crippen LogP contribution in [-0.4, -0.2) is 43.6 Å². The van der Waals surface area contributed by atoms with Gasteiger partial charge < -0.3 is 9.84 Å². The molecule has 184 valence electrons. The topological polar surface area (TPSA) is 123 Å². The number of aromatic hydroxyl groups is 1. The van der Waals surface area contributed by atoms with E-state index in [-0.39, 0.29) is 17.0 Å². The molecular formula is C27H22N6O4. The molecule has 0 aliphatic rings. The molecule has 3 aromatic carbocycles. The molecule has 37 heavy (non-hydrogen) atoms. The average Bonchev–Trinajstić information content (AvgIpc) is 3.57. The van der Waals surface area contributed by atoms with Crippen LogP contribution in [0, 0.1) is 0 Å². The average molecular weight is 495 g/mol. The maximum Gasteiger partial charge on any atom is 0.294 e. The van der Waals surface area contributed by atoms with E-state index < -0.39 is 11.8 Å². The van der Waals surface area contributed by atoms with Crippen LogP contribution in [0.4, 0.5) is 0 Å². The number of amides is 2. The number of para-hydroxylation sites is 2. The molecule has 3 N–H and O–H groups in total. The largest absolute Gasteiger partial charge is 0.504 e. The molecule has 0 aliphatic heterocycles. The normalized spacial score (nSPS) is 10.6. The van der Waals surface area contributed by atoms with E-state index in [1.807, 2.05) is 54.6 Å². The van der Waals surface area contributed by atoms with Crippen LogP contribution < -0.4 is 15.6 Å². The third-order valence-electron chi connectivity index (χ3n) is 5.54. The molecule has 2 aromatic heterocycles. The fraction of sp³-hybridized carbons (Fsp3) is 0.0370. The molecule has 0 spiro atoms. The molecule has 0 saturated carbocycles. The molecule has 0 saturated heterocycles. The van der Waals surface area contributed by atoms with Gasteiger partial charge in [-0.2, -0.15) is 10.2 Å². The minimum atomic E-state index is -0.779. The van der Waals surface area contributed by atoms with Gasteiger partial charge in [0.25, 0.3) is 11.8 Å². The predicted molar refractivity (Wildman–Crippen MR) is 136 cm³/mol. The Morgan fingerprint density at radius 1 is 0.784 bits per heavy atom. The molecule has 0 unspecified atom stereocenters. The number of nitrogens with one attached hydrogen (secondary N) is 2. The van der Waals surface area contributed by atoms with E-state index in [4.69, 9.17) is 4.74 Å². The first-order chi connectivity index (χ1) is 18.0. The predicted octanol–water partition coefficient (Wildman–Crippen LogP) is 3.51. The van der Waals surface area contributed by atoms with Gasteiger partial charge in [-0.25, -0.2) is 9.36 Å². The molecule has 0 aliphatic carbocycles. The van der Waals surface area contributed by atoms with Gasteiger partial charge in [0.2, 0.25) is 0 Å². The Morgan fingerprint density at radius 3 is 2.05 bits per heavy atom.